The highest BCUT2D eigenvalue weighted by Gasteiger charge is 2.13. The van der Waals surface area contributed by atoms with Crippen molar-refractivity contribution in [2.75, 3.05) is 0 Å². The summed E-state index contributed by atoms with van der Waals surface area (Å²) in [5, 5.41) is 14.5. The quantitative estimate of drug-likeness (QED) is 0.401. The molecular weight excluding hydrogens is 316 g/mol. The first-order valence-corrected chi connectivity index (χ1v) is 6.88. The van der Waals surface area contributed by atoms with Gasteiger partial charge in [0.25, 0.3) is 5.69 Å². The Hall–Kier alpha value is -3.49. The summed E-state index contributed by atoms with van der Waals surface area (Å²) in [6.45, 7) is -0.0757. The number of non-ortho nitro benzene ring substituents is 1. The fourth-order valence-corrected chi connectivity index (χ4v) is 1.98. The van der Waals surface area contributed by atoms with Crippen molar-refractivity contribution in [1.82, 2.24) is 14.8 Å². The first kappa shape index (κ1) is 15.4. The summed E-state index contributed by atoms with van der Waals surface area (Å²) in [6.07, 6.45) is 4.39. The summed E-state index contributed by atoms with van der Waals surface area (Å²) in [5.41, 5.74) is 0.911. The Bertz CT molecular complexity index is 881. The minimum Gasteiger partial charge on any atom is -0.454 e. The van der Waals surface area contributed by atoms with Gasteiger partial charge in [0.15, 0.2) is 12.4 Å². The number of oxazole rings is 1. The molecule has 0 N–H and O–H groups in total. The molecule has 2 heterocycles. The van der Waals surface area contributed by atoms with E-state index in [9.17, 15) is 14.9 Å². The molecule has 2 aromatic heterocycles. The second-order valence-corrected chi connectivity index (χ2v) is 4.91. The van der Waals surface area contributed by atoms with E-state index in [0.717, 1.165) is 0 Å². The van der Waals surface area contributed by atoms with Gasteiger partial charge in [0.2, 0.25) is 5.89 Å². The van der Waals surface area contributed by atoms with Gasteiger partial charge in [-0.15, -0.1) is 0 Å². The van der Waals surface area contributed by atoms with E-state index >= 15 is 0 Å². The fraction of sp³-hybridized carbons (Fsp3) is 0.133. The standard InChI is InChI=1S/C15H12N4O5/c1-18-8-11(6-17-18)15(20)23-9-13-7-16-14(24-13)10-2-4-12(5-3-10)19(21)22/h2-8H,9H2,1H3. The van der Waals surface area contributed by atoms with Gasteiger partial charge >= 0.3 is 5.97 Å². The maximum absolute atomic E-state index is 11.8. The number of hydrogen-bond acceptors (Lipinski definition) is 7. The van der Waals surface area contributed by atoms with Gasteiger partial charge in [-0.2, -0.15) is 5.10 Å². The maximum Gasteiger partial charge on any atom is 0.341 e. The van der Waals surface area contributed by atoms with Crippen molar-refractivity contribution in [1.29, 1.82) is 0 Å². The number of nitro benzene ring substituents is 1. The van der Waals surface area contributed by atoms with Gasteiger partial charge in [-0.1, -0.05) is 0 Å². The van der Waals surface area contributed by atoms with E-state index in [2.05, 4.69) is 10.1 Å². The molecule has 9 heteroatoms. The van der Waals surface area contributed by atoms with Crippen LogP contribution in [0.1, 0.15) is 16.1 Å². The molecule has 0 unspecified atom stereocenters. The predicted molar refractivity (Wildman–Crippen MR) is 80.9 cm³/mol. The summed E-state index contributed by atoms with van der Waals surface area (Å²) < 4.78 is 12.1. The van der Waals surface area contributed by atoms with Crippen LogP contribution in [0.4, 0.5) is 5.69 Å². The zero-order chi connectivity index (χ0) is 17.1. The number of aryl methyl sites for hydroxylation is 1. The number of rotatable bonds is 5. The van der Waals surface area contributed by atoms with E-state index in [1.54, 1.807) is 13.2 Å². The SMILES string of the molecule is Cn1cc(C(=O)OCc2cnc(-c3ccc([N+](=O)[O-])cc3)o2)cn1. The molecule has 0 atom stereocenters. The minimum absolute atomic E-state index is 0.0177. The van der Waals surface area contributed by atoms with Crippen LogP contribution in [0, 0.1) is 10.1 Å². The van der Waals surface area contributed by atoms with Gasteiger partial charge in [0.05, 0.1) is 22.9 Å². The number of nitrogens with zero attached hydrogens (tertiary/aromatic N) is 4. The van der Waals surface area contributed by atoms with Crippen molar-refractivity contribution < 1.29 is 18.9 Å². The lowest BCUT2D eigenvalue weighted by atomic mass is 10.2. The van der Waals surface area contributed by atoms with E-state index in [0.29, 0.717) is 16.9 Å². The molecule has 0 aliphatic heterocycles. The molecule has 122 valence electrons. The van der Waals surface area contributed by atoms with Crippen LogP contribution in [-0.2, 0) is 18.4 Å². The Kier molecular flexibility index (Phi) is 4.06. The van der Waals surface area contributed by atoms with Gasteiger partial charge in [-0.25, -0.2) is 9.78 Å². The number of nitro groups is 1. The smallest absolute Gasteiger partial charge is 0.341 e. The average Bonchev–Trinajstić information content (AvgIpc) is 3.22. The zero-order valence-electron chi connectivity index (χ0n) is 12.6. The lowest BCUT2D eigenvalue weighted by molar-refractivity contribution is -0.384. The van der Waals surface area contributed by atoms with Gasteiger partial charge in [-0.3, -0.25) is 14.8 Å². The number of benzene rings is 1. The molecule has 24 heavy (non-hydrogen) atoms. The van der Waals surface area contributed by atoms with Crippen LogP contribution >= 0.6 is 0 Å². The van der Waals surface area contributed by atoms with Crippen molar-refractivity contribution >= 4 is 11.7 Å². The summed E-state index contributed by atoms with van der Waals surface area (Å²) in [4.78, 5) is 26.0. The third kappa shape index (κ3) is 3.29. The molecule has 0 spiro atoms. The van der Waals surface area contributed by atoms with Crippen LogP contribution < -0.4 is 0 Å². The Morgan fingerprint density at radius 3 is 2.71 bits per heavy atom. The number of carbonyl (C=O) groups excluding carboxylic acids is 1. The summed E-state index contributed by atoms with van der Waals surface area (Å²) >= 11 is 0. The normalized spacial score (nSPS) is 10.5. The van der Waals surface area contributed by atoms with E-state index in [1.165, 1.54) is 41.3 Å². The molecule has 1 aromatic carbocycles. The Labute approximate surface area is 135 Å². The molecule has 3 aromatic rings. The first-order valence-electron chi connectivity index (χ1n) is 6.88. The Morgan fingerprint density at radius 2 is 2.08 bits per heavy atom. The van der Waals surface area contributed by atoms with Crippen LogP contribution in [0.25, 0.3) is 11.5 Å². The maximum atomic E-state index is 11.8. The number of ether oxygens (including phenoxy) is 1. The zero-order valence-corrected chi connectivity index (χ0v) is 12.6. The van der Waals surface area contributed by atoms with Crippen LogP contribution in [0.2, 0.25) is 0 Å². The number of carbonyl (C=O) groups is 1. The van der Waals surface area contributed by atoms with Crippen LogP contribution in [0.3, 0.4) is 0 Å². The molecule has 0 saturated carbocycles. The summed E-state index contributed by atoms with van der Waals surface area (Å²) in [6, 6.07) is 5.80. The molecule has 0 amide bonds. The second kappa shape index (κ2) is 6.32. The van der Waals surface area contributed by atoms with Gasteiger partial charge in [0.1, 0.15) is 0 Å². The topological polar surface area (TPSA) is 113 Å². The summed E-state index contributed by atoms with van der Waals surface area (Å²) in [7, 11) is 1.70. The fourth-order valence-electron chi connectivity index (χ4n) is 1.98. The Balaban J connectivity index is 1.65. The van der Waals surface area contributed by atoms with Crippen molar-refractivity contribution in [3.05, 3.63) is 64.3 Å². The van der Waals surface area contributed by atoms with Crippen LogP contribution in [0.15, 0.2) is 47.3 Å². The highest BCUT2D eigenvalue weighted by Crippen LogP contribution is 2.22. The third-order valence-corrected chi connectivity index (χ3v) is 3.16. The molecule has 0 aliphatic rings. The lowest BCUT2D eigenvalue weighted by Crippen LogP contribution is -2.03. The molecular formula is C15H12N4O5. The molecule has 0 aliphatic carbocycles. The second-order valence-electron chi connectivity index (χ2n) is 4.91. The van der Waals surface area contributed by atoms with Crippen molar-refractivity contribution in [2.45, 2.75) is 6.61 Å². The number of aromatic nitrogens is 3. The molecule has 9 nitrogen and oxygen atoms in total. The highest BCUT2D eigenvalue weighted by atomic mass is 16.6. The van der Waals surface area contributed by atoms with E-state index < -0.39 is 10.9 Å². The molecule has 3 rings (SSSR count). The van der Waals surface area contributed by atoms with Gasteiger partial charge in [-0.05, 0) is 12.1 Å². The predicted octanol–water partition coefficient (Wildman–Crippen LogP) is 2.34. The minimum atomic E-state index is -0.517. The van der Waals surface area contributed by atoms with Crippen LogP contribution in [-0.4, -0.2) is 25.7 Å². The summed E-state index contributed by atoms with van der Waals surface area (Å²) in [5.74, 6) is 0.134. The largest absolute Gasteiger partial charge is 0.454 e. The highest BCUT2D eigenvalue weighted by molar-refractivity contribution is 5.88. The monoisotopic (exact) mass is 328 g/mol. The molecule has 0 radical (unpaired) electrons. The van der Waals surface area contributed by atoms with Gasteiger partial charge in [0, 0.05) is 30.9 Å². The van der Waals surface area contributed by atoms with Crippen molar-refractivity contribution in [2.24, 2.45) is 7.05 Å². The van der Waals surface area contributed by atoms with Crippen molar-refractivity contribution in [3.8, 4) is 11.5 Å². The first-order chi connectivity index (χ1) is 11.5. The van der Waals surface area contributed by atoms with E-state index in [-0.39, 0.29) is 18.2 Å². The number of esters is 1. The molecule has 0 fully saturated rings. The molecule has 0 saturated heterocycles. The van der Waals surface area contributed by atoms with Crippen molar-refractivity contribution in [3.63, 3.8) is 0 Å². The van der Waals surface area contributed by atoms with E-state index in [1.807, 2.05) is 0 Å². The van der Waals surface area contributed by atoms with Gasteiger partial charge < -0.3 is 9.15 Å². The lowest BCUT2D eigenvalue weighted by Gasteiger charge is -2.00. The Morgan fingerprint density at radius 1 is 1.33 bits per heavy atom. The van der Waals surface area contributed by atoms with E-state index in [4.69, 9.17) is 9.15 Å². The average molecular weight is 328 g/mol. The number of hydrogen-bond donors (Lipinski definition) is 0. The van der Waals surface area contributed by atoms with Crippen LogP contribution in [0.5, 0.6) is 0 Å². The molecule has 0 bridgehead atoms. The third-order valence-electron chi connectivity index (χ3n) is 3.16.